The van der Waals surface area contributed by atoms with Crippen molar-refractivity contribution in [1.29, 1.82) is 0 Å². The molecule has 0 saturated heterocycles. The van der Waals surface area contributed by atoms with E-state index in [1.54, 1.807) is 18.3 Å². The van der Waals surface area contributed by atoms with Crippen LogP contribution in [0.15, 0.2) is 71.5 Å². The van der Waals surface area contributed by atoms with Gasteiger partial charge in [-0.1, -0.05) is 47.1 Å². The summed E-state index contributed by atoms with van der Waals surface area (Å²) in [5.74, 6) is 0.753. The number of thiophene rings is 1. The smallest absolute Gasteiger partial charge is 0.173 e. The number of Topliss-reactive ketones (excluding diaryl/α,β-unsaturated/α-hetero) is 1. The largest absolute Gasteiger partial charge is 0.361 e. The molecule has 27 heavy (non-hydrogen) atoms. The predicted octanol–water partition coefficient (Wildman–Crippen LogP) is 5.93. The summed E-state index contributed by atoms with van der Waals surface area (Å²) in [6, 6.07) is 17.4. The van der Waals surface area contributed by atoms with Crippen LogP contribution in [0.2, 0.25) is 4.34 Å². The van der Waals surface area contributed by atoms with E-state index in [4.69, 9.17) is 16.1 Å². The highest BCUT2D eigenvalue weighted by Gasteiger charge is 2.12. The molecule has 4 rings (SSSR count). The molecule has 0 aliphatic heterocycles. The topological polar surface area (TPSA) is 56.0 Å². The maximum atomic E-state index is 12.2. The first-order chi connectivity index (χ1) is 13.2. The van der Waals surface area contributed by atoms with Crippen molar-refractivity contribution in [3.05, 3.63) is 82.0 Å². The number of aryl methyl sites for hydroxylation is 1. The first kappa shape index (κ1) is 17.6. The van der Waals surface area contributed by atoms with E-state index in [1.165, 1.54) is 11.3 Å². The van der Waals surface area contributed by atoms with Crippen LogP contribution >= 0.6 is 22.9 Å². The molecule has 134 valence electrons. The van der Waals surface area contributed by atoms with Gasteiger partial charge in [-0.3, -0.25) is 9.78 Å². The minimum Gasteiger partial charge on any atom is -0.361 e. The number of carbonyl (C=O) groups is 1. The number of aromatic nitrogens is 2. The second-order valence-corrected chi connectivity index (χ2v) is 7.74. The van der Waals surface area contributed by atoms with E-state index in [0.29, 0.717) is 27.8 Å². The molecule has 0 N–H and O–H groups in total. The molecule has 0 radical (unpaired) electrons. The van der Waals surface area contributed by atoms with Gasteiger partial charge in [0.05, 0.1) is 9.21 Å². The van der Waals surface area contributed by atoms with Gasteiger partial charge >= 0.3 is 0 Å². The summed E-state index contributed by atoms with van der Waals surface area (Å²) in [7, 11) is 0. The van der Waals surface area contributed by atoms with Crippen molar-refractivity contribution in [3.63, 3.8) is 0 Å². The Balaban J connectivity index is 1.42. The average Bonchev–Trinajstić information content (AvgIpc) is 3.36. The molecule has 0 unspecified atom stereocenters. The van der Waals surface area contributed by atoms with Crippen LogP contribution in [0.3, 0.4) is 0 Å². The molecule has 0 spiro atoms. The van der Waals surface area contributed by atoms with E-state index in [9.17, 15) is 4.79 Å². The Morgan fingerprint density at radius 2 is 1.85 bits per heavy atom. The predicted molar refractivity (Wildman–Crippen MR) is 107 cm³/mol. The van der Waals surface area contributed by atoms with Gasteiger partial charge in [0, 0.05) is 36.9 Å². The Morgan fingerprint density at radius 3 is 2.56 bits per heavy atom. The van der Waals surface area contributed by atoms with Crippen LogP contribution in [0.4, 0.5) is 0 Å². The molecule has 3 aromatic heterocycles. The van der Waals surface area contributed by atoms with Gasteiger partial charge in [-0.15, -0.1) is 11.3 Å². The number of ketones is 1. The van der Waals surface area contributed by atoms with Crippen molar-refractivity contribution in [2.75, 3.05) is 0 Å². The minimum atomic E-state index is 0.0608. The summed E-state index contributed by atoms with van der Waals surface area (Å²) in [6.07, 6.45) is 4.47. The molecular weight excluding hydrogens is 380 g/mol. The lowest BCUT2D eigenvalue weighted by molar-refractivity contribution is 0.0984. The van der Waals surface area contributed by atoms with Gasteiger partial charge in [0.25, 0.3) is 0 Å². The average molecular weight is 395 g/mol. The number of rotatable bonds is 6. The van der Waals surface area contributed by atoms with Crippen molar-refractivity contribution >= 4 is 28.7 Å². The van der Waals surface area contributed by atoms with Crippen molar-refractivity contribution in [3.8, 4) is 22.4 Å². The summed E-state index contributed by atoms with van der Waals surface area (Å²) < 4.78 is 6.01. The number of carbonyl (C=O) groups excluding carboxylic acids is 1. The number of pyridine rings is 1. The van der Waals surface area contributed by atoms with Crippen LogP contribution in [0, 0.1) is 0 Å². The minimum absolute atomic E-state index is 0.0608. The Morgan fingerprint density at radius 1 is 1.04 bits per heavy atom. The van der Waals surface area contributed by atoms with Crippen molar-refractivity contribution in [2.45, 2.75) is 12.8 Å². The third kappa shape index (κ3) is 4.15. The number of hydrogen-bond acceptors (Lipinski definition) is 5. The summed E-state index contributed by atoms with van der Waals surface area (Å²) in [5.41, 5.74) is 3.89. The summed E-state index contributed by atoms with van der Waals surface area (Å²) in [5, 5.41) is 4.13. The molecule has 6 heteroatoms. The van der Waals surface area contributed by atoms with Crippen LogP contribution in [0.25, 0.3) is 22.4 Å². The zero-order valence-corrected chi connectivity index (χ0v) is 15.8. The normalized spacial score (nSPS) is 10.9. The zero-order valence-electron chi connectivity index (χ0n) is 14.3. The third-order valence-electron chi connectivity index (χ3n) is 4.18. The summed E-state index contributed by atoms with van der Waals surface area (Å²) >= 11 is 7.18. The molecule has 0 saturated carbocycles. The second-order valence-electron chi connectivity index (χ2n) is 6.02. The van der Waals surface area contributed by atoms with E-state index in [0.717, 1.165) is 22.4 Å². The molecule has 0 aliphatic rings. The standard InChI is InChI=1S/C21H15ClN2O2S/c22-21-10-9-20(27-21)19(25)8-7-17-12-18(24-26-17)15-5-3-14(4-6-15)16-2-1-11-23-13-16/h1-6,9-13H,7-8H2. The van der Waals surface area contributed by atoms with Gasteiger partial charge in [0.1, 0.15) is 11.5 Å². The first-order valence-corrected chi connectivity index (χ1v) is 9.63. The highest BCUT2D eigenvalue weighted by Crippen LogP contribution is 2.26. The summed E-state index contributed by atoms with van der Waals surface area (Å²) in [6.45, 7) is 0. The van der Waals surface area contributed by atoms with Crippen LogP contribution < -0.4 is 0 Å². The van der Waals surface area contributed by atoms with Crippen LogP contribution in [0.5, 0.6) is 0 Å². The fraction of sp³-hybridized carbons (Fsp3) is 0.0952. The van der Waals surface area contributed by atoms with Gasteiger partial charge in [-0.2, -0.15) is 0 Å². The molecule has 3 heterocycles. The van der Waals surface area contributed by atoms with Crippen molar-refractivity contribution in [2.24, 2.45) is 0 Å². The van der Waals surface area contributed by atoms with Gasteiger partial charge in [0.15, 0.2) is 5.78 Å². The molecule has 1 aromatic carbocycles. The fourth-order valence-electron chi connectivity index (χ4n) is 2.76. The number of halogens is 1. The highest BCUT2D eigenvalue weighted by molar-refractivity contribution is 7.18. The maximum absolute atomic E-state index is 12.2. The van der Waals surface area contributed by atoms with Gasteiger partial charge in [-0.25, -0.2) is 0 Å². The van der Waals surface area contributed by atoms with Crippen LogP contribution in [-0.2, 0) is 6.42 Å². The Hall–Kier alpha value is -2.76. The van der Waals surface area contributed by atoms with Gasteiger partial charge in [-0.05, 0) is 29.3 Å². The number of benzene rings is 1. The number of hydrogen-bond donors (Lipinski definition) is 0. The van der Waals surface area contributed by atoms with E-state index >= 15 is 0 Å². The lowest BCUT2D eigenvalue weighted by atomic mass is 10.0. The molecular formula is C21H15ClN2O2S. The molecule has 4 nitrogen and oxygen atoms in total. The van der Waals surface area contributed by atoms with Gasteiger partial charge in [0.2, 0.25) is 0 Å². The zero-order chi connectivity index (χ0) is 18.6. The molecule has 0 aliphatic carbocycles. The second kappa shape index (κ2) is 7.86. The maximum Gasteiger partial charge on any atom is 0.173 e. The van der Waals surface area contributed by atoms with Crippen molar-refractivity contribution in [1.82, 2.24) is 10.1 Å². The Kier molecular flexibility index (Phi) is 5.14. The molecule has 0 fully saturated rings. The number of nitrogens with zero attached hydrogens (tertiary/aromatic N) is 2. The monoisotopic (exact) mass is 394 g/mol. The molecule has 0 amide bonds. The van der Waals surface area contributed by atoms with Crippen molar-refractivity contribution < 1.29 is 9.32 Å². The molecule has 4 aromatic rings. The van der Waals surface area contributed by atoms with E-state index < -0.39 is 0 Å². The third-order valence-corrected chi connectivity index (χ3v) is 5.45. The summed E-state index contributed by atoms with van der Waals surface area (Å²) in [4.78, 5) is 17.0. The lowest BCUT2D eigenvalue weighted by Gasteiger charge is -2.01. The quantitative estimate of drug-likeness (QED) is 0.380. The fourth-order valence-corrected chi connectivity index (χ4v) is 3.77. The molecule has 0 atom stereocenters. The SMILES string of the molecule is O=C(CCc1cc(-c2ccc(-c3cccnc3)cc2)no1)c1ccc(Cl)s1. The highest BCUT2D eigenvalue weighted by atomic mass is 35.5. The van der Waals surface area contributed by atoms with Gasteiger partial charge < -0.3 is 4.52 Å². The Labute approximate surface area is 165 Å². The van der Waals surface area contributed by atoms with E-state index in [-0.39, 0.29) is 5.78 Å². The first-order valence-electron chi connectivity index (χ1n) is 8.44. The lowest BCUT2D eigenvalue weighted by Crippen LogP contribution is -1.97. The Bertz CT molecular complexity index is 1060. The molecule has 0 bridgehead atoms. The van der Waals surface area contributed by atoms with Crippen LogP contribution in [-0.4, -0.2) is 15.9 Å². The van der Waals surface area contributed by atoms with E-state index in [2.05, 4.69) is 10.1 Å². The van der Waals surface area contributed by atoms with E-state index in [1.807, 2.05) is 48.7 Å². The van der Waals surface area contributed by atoms with Crippen LogP contribution in [0.1, 0.15) is 21.9 Å².